The van der Waals surface area contributed by atoms with Crippen LogP contribution in [0.2, 0.25) is 5.02 Å². The van der Waals surface area contributed by atoms with Gasteiger partial charge in [-0.15, -0.1) is 0 Å². The number of carbonyl (C=O) groups is 4. The van der Waals surface area contributed by atoms with Gasteiger partial charge in [0.1, 0.15) is 18.0 Å². The average molecular weight is 576 g/mol. The van der Waals surface area contributed by atoms with Crippen LogP contribution in [0, 0.1) is 27.9 Å². The fourth-order valence-electron chi connectivity index (χ4n) is 5.33. The number of hydrogen-bond donors (Lipinski definition) is 0. The molecule has 0 bridgehead atoms. The number of imide groups is 1. The number of halogens is 1. The van der Waals surface area contributed by atoms with E-state index in [2.05, 4.69) is 0 Å². The highest BCUT2D eigenvalue weighted by molar-refractivity contribution is 6.34. The van der Waals surface area contributed by atoms with E-state index in [1.807, 2.05) is 6.92 Å². The van der Waals surface area contributed by atoms with E-state index in [9.17, 15) is 29.3 Å². The predicted molar refractivity (Wildman–Crippen MR) is 148 cm³/mol. The summed E-state index contributed by atoms with van der Waals surface area (Å²) in [6.07, 6.45) is 1.90. The highest BCUT2D eigenvalue weighted by Crippen LogP contribution is 2.41. The monoisotopic (exact) mass is 575 g/mol. The quantitative estimate of drug-likeness (QED) is 0.146. The van der Waals surface area contributed by atoms with Gasteiger partial charge >= 0.3 is 0 Å². The largest absolute Gasteiger partial charge is 0.457 e. The van der Waals surface area contributed by atoms with Crippen LogP contribution in [0.3, 0.4) is 0 Å². The molecule has 0 aromatic heterocycles. The number of hydrogen-bond acceptors (Lipinski definition) is 7. The zero-order chi connectivity index (χ0) is 29.3. The van der Waals surface area contributed by atoms with Crippen LogP contribution in [0.1, 0.15) is 46.9 Å². The van der Waals surface area contributed by atoms with Crippen molar-refractivity contribution in [2.45, 2.75) is 26.2 Å². The minimum atomic E-state index is -0.726. The van der Waals surface area contributed by atoms with Crippen molar-refractivity contribution in [3.8, 4) is 11.5 Å². The van der Waals surface area contributed by atoms with Crippen LogP contribution in [-0.2, 0) is 9.59 Å². The Balaban J connectivity index is 1.38. The Morgan fingerprint density at radius 1 is 0.951 bits per heavy atom. The second-order valence-corrected chi connectivity index (χ2v) is 10.7. The number of carbonyl (C=O) groups excluding carboxylic acids is 4. The van der Waals surface area contributed by atoms with Gasteiger partial charge < -0.3 is 4.74 Å². The first-order valence-electron chi connectivity index (χ1n) is 13.1. The molecule has 5 rings (SSSR count). The van der Waals surface area contributed by atoms with Crippen molar-refractivity contribution in [1.82, 2.24) is 10.0 Å². The fraction of sp³-hybridized carbons (Fsp3) is 0.267. The lowest BCUT2D eigenvalue weighted by atomic mass is 9.76. The van der Waals surface area contributed by atoms with Crippen molar-refractivity contribution in [3.63, 3.8) is 0 Å². The summed E-state index contributed by atoms with van der Waals surface area (Å²) in [4.78, 5) is 64.3. The first-order chi connectivity index (χ1) is 19.6. The second-order valence-electron chi connectivity index (χ2n) is 10.3. The van der Waals surface area contributed by atoms with Crippen LogP contribution in [0.25, 0.3) is 0 Å². The van der Waals surface area contributed by atoms with Crippen LogP contribution in [0.15, 0.2) is 72.8 Å². The molecule has 10 nitrogen and oxygen atoms in total. The maximum absolute atomic E-state index is 13.7. The molecule has 2 aliphatic rings. The highest BCUT2D eigenvalue weighted by Gasteiger charge is 2.53. The van der Waals surface area contributed by atoms with Gasteiger partial charge in [-0.1, -0.05) is 30.7 Å². The predicted octanol–water partition coefficient (Wildman–Crippen LogP) is 5.70. The normalized spacial score (nSPS) is 20.0. The van der Waals surface area contributed by atoms with Gasteiger partial charge in [-0.2, -0.15) is 5.01 Å². The Morgan fingerprint density at radius 2 is 1.56 bits per heavy atom. The van der Waals surface area contributed by atoms with Crippen molar-refractivity contribution in [1.29, 1.82) is 0 Å². The fourth-order valence-corrected chi connectivity index (χ4v) is 5.54. The van der Waals surface area contributed by atoms with Gasteiger partial charge in [0.05, 0.1) is 27.3 Å². The van der Waals surface area contributed by atoms with Crippen molar-refractivity contribution in [2.75, 3.05) is 6.54 Å². The van der Waals surface area contributed by atoms with E-state index in [4.69, 9.17) is 16.3 Å². The third-order valence-electron chi connectivity index (χ3n) is 7.50. The SMILES string of the molecule is C[C@@H]1CC[C@H]2C(=O)N(N(CC(=O)c3ccc(Oc4ccc([N+](=O)[O-])cc4)cc3)C(=O)c3ccccc3Cl)C(=O)[C@H]2C1. The number of fused-ring (bicyclic) bond motifs is 1. The maximum atomic E-state index is 13.7. The molecule has 1 aliphatic heterocycles. The van der Waals surface area contributed by atoms with E-state index in [-0.39, 0.29) is 27.8 Å². The van der Waals surface area contributed by atoms with Gasteiger partial charge in [-0.05, 0) is 73.7 Å². The van der Waals surface area contributed by atoms with E-state index in [0.29, 0.717) is 24.3 Å². The lowest BCUT2D eigenvalue weighted by Gasteiger charge is -2.30. The van der Waals surface area contributed by atoms with Crippen LogP contribution in [0.4, 0.5) is 5.69 Å². The molecule has 210 valence electrons. The molecule has 3 aromatic rings. The molecule has 11 heteroatoms. The van der Waals surface area contributed by atoms with E-state index in [0.717, 1.165) is 16.4 Å². The molecule has 0 spiro atoms. The lowest BCUT2D eigenvalue weighted by Crippen LogP contribution is -2.52. The molecule has 1 aliphatic carbocycles. The summed E-state index contributed by atoms with van der Waals surface area (Å²) >= 11 is 6.28. The summed E-state index contributed by atoms with van der Waals surface area (Å²) in [6.45, 7) is 1.47. The molecule has 41 heavy (non-hydrogen) atoms. The minimum Gasteiger partial charge on any atom is -0.457 e. The molecular formula is C30H26ClN3O7. The van der Waals surface area contributed by atoms with Gasteiger partial charge in [0.2, 0.25) is 0 Å². The van der Waals surface area contributed by atoms with Crippen molar-refractivity contribution in [3.05, 3.63) is 99.1 Å². The lowest BCUT2D eigenvalue weighted by molar-refractivity contribution is -0.384. The van der Waals surface area contributed by atoms with Crippen molar-refractivity contribution in [2.24, 2.45) is 17.8 Å². The standard InChI is InChI=1S/C30H26ClN3O7/c1-18-6-15-23-25(16-18)30(38)33(29(23)37)32(28(36)24-4-2-3-5-26(24)31)17-27(35)19-7-11-21(12-8-19)41-22-13-9-20(10-14-22)34(39)40/h2-5,7-14,18,23,25H,6,15-17H2,1H3/t18-,23-,25+/m1/s1. The van der Waals surface area contributed by atoms with Gasteiger partial charge in [0.15, 0.2) is 5.78 Å². The van der Waals surface area contributed by atoms with E-state index >= 15 is 0 Å². The highest BCUT2D eigenvalue weighted by atomic mass is 35.5. The molecule has 2 fully saturated rings. The number of nitro groups is 1. The molecule has 0 unspecified atom stereocenters. The molecule has 1 saturated heterocycles. The Morgan fingerprint density at radius 3 is 2.20 bits per heavy atom. The van der Waals surface area contributed by atoms with Gasteiger partial charge in [0.25, 0.3) is 23.4 Å². The summed E-state index contributed by atoms with van der Waals surface area (Å²) in [5, 5.41) is 12.7. The van der Waals surface area contributed by atoms with Crippen LogP contribution < -0.4 is 4.74 Å². The molecule has 3 aromatic carbocycles. The van der Waals surface area contributed by atoms with Crippen molar-refractivity contribution < 1.29 is 28.8 Å². The van der Waals surface area contributed by atoms with Gasteiger partial charge in [-0.25, -0.2) is 5.01 Å². The summed E-state index contributed by atoms with van der Waals surface area (Å²) in [7, 11) is 0. The third kappa shape index (κ3) is 5.69. The number of rotatable bonds is 8. The first kappa shape index (κ1) is 28.0. The van der Waals surface area contributed by atoms with E-state index in [1.165, 1.54) is 60.7 Å². The Kier molecular flexibility index (Phi) is 7.85. The number of nitro benzene ring substituents is 1. The maximum Gasteiger partial charge on any atom is 0.274 e. The van der Waals surface area contributed by atoms with Gasteiger partial charge in [-0.3, -0.25) is 29.3 Å². The summed E-state index contributed by atoms with van der Waals surface area (Å²) < 4.78 is 5.70. The Bertz CT molecular complexity index is 1520. The Hall–Kier alpha value is -4.57. The first-order valence-corrected chi connectivity index (χ1v) is 13.5. The topological polar surface area (TPSA) is 127 Å². The van der Waals surface area contributed by atoms with Crippen molar-refractivity contribution >= 4 is 40.8 Å². The number of benzene rings is 3. The minimum absolute atomic E-state index is 0.0673. The number of amides is 3. The Labute approximate surface area is 240 Å². The molecule has 0 N–H and O–H groups in total. The number of non-ortho nitro benzene ring substituents is 1. The second kappa shape index (κ2) is 11.5. The van der Waals surface area contributed by atoms with Crippen LogP contribution in [0.5, 0.6) is 11.5 Å². The zero-order valence-corrected chi connectivity index (χ0v) is 22.8. The molecule has 3 amide bonds. The molecular weight excluding hydrogens is 550 g/mol. The molecule has 1 saturated carbocycles. The molecule has 1 heterocycles. The smallest absolute Gasteiger partial charge is 0.274 e. The third-order valence-corrected chi connectivity index (χ3v) is 7.83. The van der Waals surface area contributed by atoms with E-state index in [1.54, 1.807) is 12.1 Å². The molecule has 0 radical (unpaired) electrons. The average Bonchev–Trinajstić information content (AvgIpc) is 3.20. The summed E-state index contributed by atoms with van der Waals surface area (Å²) in [6, 6.07) is 17.9. The molecule has 3 atom stereocenters. The van der Waals surface area contributed by atoms with Gasteiger partial charge in [0, 0.05) is 17.7 Å². The number of ketones is 1. The number of nitrogens with zero attached hydrogens (tertiary/aromatic N) is 3. The number of Topliss-reactive ketones (excluding diaryl/α,β-unsaturated/α-hetero) is 1. The summed E-state index contributed by atoms with van der Waals surface area (Å²) in [5.74, 6) is -2.22. The van der Waals surface area contributed by atoms with Crippen LogP contribution >= 0.6 is 11.6 Å². The van der Waals surface area contributed by atoms with Crippen LogP contribution in [-0.4, -0.2) is 45.0 Å². The summed E-state index contributed by atoms with van der Waals surface area (Å²) in [5.41, 5.74) is 0.221. The number of hydrazine groups is 1. The zero-order valence-electron chi connectivity index (χ0n) is 22.1. The number of ether oxygens (including phenoxy) is 1. The van der Waals surface area contributed by atoms with E-state index < -0.39 is 46.8 Å².